The Morgan fingerprint density at radius 2 is 0.814 bits per heavy atom. The summed E-state index contributed by atoms with van der Waals surface area (Å²) in [7, 11) is 0. The van der Waals surface area contributed by atoms with Crippen molar-refractivity contribution in [3.63, 3.8) is 0 Å². The van der Waals surface area contributed by atoms with Crippen LogP contribution in [-0.2, 0) is 0 Å². The van der Waals surface area contributed by atoms with E-state index in [1.165, 1.54) is 12.1 Å². The maximum Gasteiger partial charge on any atom is 0.200 e. The number of hydrogen-bond donors (Lipinski definition) is 0. The predicted octanol–water partition coefficient (Wildman–Crippen LogP) is 13.9. The zero-order valence-electron chi connectivity index (χ0n) is 30.2. The Morgan fingerprint density at radius 3 is 1.27 bits per heavy atom. The molecule has 0 saturated carbocycles. The standard InChI is InChI=1S/C49H22F5N3O2/c50-41-40(42(51)44(53)45(54)43(41)52)24-21-36(56-34-13-5-1-9-25(34)29-17-19-31-27-11-3-7-15-38(27)58-48(31)46(29)56)33(23-55)37(22-24)57-35-14-6-2-10-26(35)30-18-20-32-28-12-4-8-16-39(28)59-49(32)47(30)57/h1-22H. The summed E-state index contributed by atoms with van der Waals surface area (Å²) < 4.78 is 93.6. The largest absolute Gasteiger partial charge is 0.454 e. The summed E-state index contributed by atoms with van der Waals surface area (Å²) in [6.45, 7) is 0. The Balaban J connectivity index is 1.32. The van der Waals surface area contributed by atoms with Crippen molar-refractivity contribution >= 4 is 87.5 Å². The third kappa shape index (κ3) is 4.30. The first-order valence-electron chi connectivity index (χ1n) is 18.6. The van der Waals surface area contributed by atoms with Crippen LogP contribution in [0, 0.1) is 40.4 Å². The van der Waals surface area contributed by atoms with Crippen molar-refractivity contribution in [1.29, 1.82) is 5.26 Å². The number of furan rings is 2. The molecule has 0 saturated heterocycles. The lowest BCUT2D eigenvalue weighted by molar-refractivity contribution is 0.381. The first-order chi connectivity index (χ1) is 28.8. The summed E-state index contributed by atoms with van der Waals surface area (Å²) in [5.74, 6) is -10.5. The van der Waals surface area contributed by atoms with E-state index in [1.807, 2.05) is 121 Å². The number of benzene rings is 8. The zero-order valence-corrected chi connectivity index (χ0v) is 30.2. The molecule has 10 heteroatoms. The van der Waals surface area contributed by atoms with Crippen molar-refractivity contribution < 1.29 is 30.8 Å². The molecule has 0 aliphatic carbocycles. The molecule has 5 nitrogen and oxygen atoms in total. The second-order valence-electron chi connectivity index (χ2n) is 14.5. The van der Waals surface area contributed by atoms with E-state index in [1.54, 1.807) is 9.13 Å². The first-order valence-corrected chi connectivity index (χ1v) is 18.6. The molecule has 12 aromatic rings. The van der Waals surface area contributed by atoms with Gasteiger partial charge in [0.15, 0.2) is 34.4 Å². The summed E-state index contributed by atoms with van der Waals surface area (Å²) in [4.78, 5) is 0. The van der Waals surface area contributed by atoms with Crippen LogP contribution in [0.4, 0.5) is 22.0 Å². The Morgan fingerprint density at radius 1 is 0.424 bits per heavy atom. The monoisotopic (exact) mass is 779 g/mol. The van der Waals surface area contributed by atoms with Crippen molar-refractivity contribution in [2.75, 3.05) is 0 Å². The molecule has 0 aliphatic heterocycles. The number of nitriles is 1. The minimum Gasteiger partial charge on any atom is -0.454 e. The molecule has 0 bridgehead atoms. The van der Waals surface area contributed by atoms with E-state index in [4.69, 9.17) is 8.83 Å². The molecule has 280 valence electrons. The Bertz CT molecular complexity index is 3640. The van der Waals surface area contributed by atoms with Gasteiger partial charge >= 0.3 is 0 Å². The van der Waals surface area contributed by atoms with E-state index in [9.17, 15) is 9.65 Å². The van der Waals surface area contributed by atoms with E-state index < -0.39 is 34.6 Å². The SMILES string of the molecule is N#Cc1c(-n2c3ccccc3c3ccc4c5ccccc5oc4c32)cc(-c2c(F)c(F)c(F)c(F)c2F)cc1-n1c2ccccc2c2ccc3c4ccccc4oc3c21. The molecule has 12 rings (SSSR count). The molecule has 4 heterocycles. The lowest BCUT2D eigenvalue weighted by Gasteiger charge is -2.19. The van der Waals surface area contributed by atoms with Crippen LogP contribution in [0.25, 0.3) is 110 Å². The first kappa shape index (κ1) is 33.3. The van der Waals surface area contributed by atoms with E-state index in [-0.39, 0.29) is 22.5 Å². The van der Waals surface area contributed by atoms with Gasteiger partial charge in [-0.2, -0.15) is 5.26 Å². The van der Waals surface area contributed by atoms with Gasteiger partial charge in [0.05, 0.1) is 39.0 Å². The van der Waals surface area contributed by atoms with Crippen LogP contribution in [-0.4, -0.2) is 9.13 Å². The van der Waals surface area contributed by atoms with E-state index in [2.05, 4.69) is 6.07 Å². The fraction of sp³-hybridized carbons (Fsp3) is 0. The molecule has 0 aliphatic rings. The van der Waals surface area contributed by atoms with E-state index >= 15 is 17.6 Å². The lowest BCUT2D eigenvalue weighted by Crippen LogP contribution is -2.08. The Hall–Kier alpha value is -7.90. The summed E-state index contributed by atoms with van der Waals surface area (Å²) in [6, 6.07) is 42.8. The molecule has 0 radical (unpaired) electrons. The fourth-order valence-electron chi connectivity index (χ4n) is 9.04. The quantitative estimate of drug-likeness (QED) is 0.102. The topological polar surface area (TPSA) is 59.9 Å². The van der Waals surface area contributed by atoms with Gasteiger partial charge in [-0.1, -0.05) is 84.9 Å². The van der Waals surface area contributed by atoms with Gasteiger partial charge in [0.1, 0.15) is 22.8 Å². The molecule has 0 atom stereocenters. The Labute approximate surface area is 328 Å². The molecule has 0 amide bonds. The van der Waals surface area contributed by atoms with Crippen molar-refractivity contribution in [2.24, 2.45) is 0 Å². The number of aromatic nitrogens is 2. The number of nitrogens with zero attached hydrogens (tertiary/aromatic N) is 3. The van der Waals surface area contributed by atoms with Gasteiger partial charge in [-0.3, -0.25) is 0 Å². The molecule has 0 fully saturated rings. The minimum absolute atomic E-state index is 0.0455. The van der Waals surface area contributed by atoms with Crippen LogP contribution in [0.1, 0.15) is 5.56 Å². The van der Waals surface area contributed by atoms with Crippen LogP contribution in [0.3, 0.4) is 0 Å². The molecule has 59 heavy (non-hydrogen) atoms. The van der Waals surface area contributed by atoms with Gasteiger partial charge in [0.2, 0.25) is 5.82 Å². The lowest BCUT2D eigenvalue weighted by atomic mass is 9.98. The summed E-state index contributed by atoms with van der Waals surface area (Å²) in [5.41, 5.74) is 3.26. The minimum atomic E-state index is -2.28. The van der Waals surface area contributed by atoms with Crippen molar-refractivity contribution in [3.8, 4) is 28.6 Å². The number of fused-ring (bicyclic) bond motifs is 14. The van der Waals surface area contributed by atoms with E-state index in [0.717, 1.165) is 43.1 Å². The number of rotatable bonds is 3. The second-order valence-corrected chi connectivity index (χ2v) is 14.5. The highest BCUT2D eigenvalue weighted by Gasteiger charge is 2.31. The smallest absolute Gasteiger partial charge is 0.200 e. The highest BCUT2D eigenvalue weighted by atomic mass is 19.2. The maximum absolute atomic E-state index is 16.1. The molecular weight excluding hydrogens is 758 g/mol. The molecule has 4 aromatic heterocycles. The molecule has 8 aromatic carbocycles. The highest BCUT2D eigenvalue weighted by Crippen LogP contribution is 2.46. The maximum atomic E-state index is 16.1. The van der Waals surface area contributed by atoms with Gasteiger partial charge in [-0.25, -0.2) is 22.0 Å². The summed E-state index contributed by atoms with van der Waals surface area (Å²) >= 11 is 0. The van der Waals surface area contributed by atoms with Crippen molar-refractivity contribution in [3.05, 3.63) is 168 Å². The third-order valence-electron chi connectivity index (χ3n) is 11.5. The predicted molar refractivity (Wildman–Crippen MR) is 220 cm³/mol. The second kappa shape index (κ2) is 11.8. The normalized spacial score (nSPS) is 12.1. The van der Waals surface area contributed by atoms with Gasteiger partial charge < -0.3 is 18.0 Å². The average Bonchev–Trinajstić information content (AvgIpc) is 4.02. The van der Waals surface area contributed by atoms with Crippen LogP contribution in [0.5, 0.6) is 0 Å². The molecule has 0 unspecified atom stereocenters. The number of halogens is 5. The van der Waals surface area contributed by atoms with Crippen molar-refractivity contribution in [2.45, 2.75) is 0 Å². The number of para-hydroxylation sites is 4. The Kier molecular flexibility index (Phi) is 6.66. The van der Waals surface area contributed by atoms with Crippen LogP contribution < -0.4 is 0 Å². The van der Waals surface area contributed by atoms with E-state index in [0.29, 0.717) is 44.4 Å². The van der Waals surface area contributed by atoms with Crippen LogP contribution in [0.2, 0.25) is 0 Å². The molecular formula is C49H22F5N3O2. The molecule has 0 spiro atoms. The van der Waals surface area contributed by atoms with Crippen LogP contribution >= 0.6 is 0 Å². The average molecular weight is 780 g/mol. The summed E-state index contributed by atoms with van der Waals surface area (Å²) in [6.07, 6.45) is 0. The van der Waals surface area contributed by atoms with Crippen LogP contribution in [0.15, 0.2) is 142 Å². The zero-order chi connectivity index (χ0) is 39.8. The van der Waals surface area contributed by atoms with Gasteiger partial charge in [0.25, 0.3) is 0 Å². The van der Waals surface area contributed by atoms with Crippen molar-refractivity contribution in [1.82, 2.24) is 9.13 Å². The van der Waals surface area contributed by atoms with Gasteiger partial charge in [-0.05, 0) is 54.1 Å². The summed E-state index contributed by atoms with van der Waals surface area (Å²) in [5, 5.41) is 17.7. The fourth-order valence-corrected chi connectivity index (χ4v) is 9.04. The third-order valence-corrected chi connectivity index (χ3v) is 11.5. The number of hydrogen-bond acceptors (Lipinski definition) is 3. The van der Waals surface area contributed by atoms with Gasteiger partial charge in [0, 0.05) is 43.1 Å². The van der Waals surface area contributed by atoms with Gasteiger partial charge in [-0.15, -0.1) is 0 Å². The highest BCUT2D eigenvalue weighted by molar-refractivity contribution is 6.23. The molecule has 0 N–H and O–H groups in total.